The van der Waals surface area contributed by atoms with Crippen LogP contribution < -0.4 is 10.6 Å². The average molecular weight is 304 g/mol. The summed E-state index contributed by atoms with van der Waals surface area (Å²) in [7, 11) is 1.77. The molecule has 0 aliphatic carbocycles. The van der Waals surface area contributed by atoms with Gasteiger partial charge in [0, 0.05) is 51.1 Å². The van der Waals surface area contributed by atoms with Crippen LogP contribution in [-0.4, -0.2) is 34.3 Å². The number of guanidine groups is 1. The monoisotopic (exact) mass is 304 g/mol. The largest absolute Gasteiger partial charge is 0.361 e. The summed E-state index contributed by atoms with van der Waals surface area (Å²) in [4.78, 5) is 8.26. The molecule has 0 bridgehead atoms. The molecule has 7 nitrogen and oxygen atoms in total. The third-order valence-electron chi connectivity index (χ3n) is 3.48. The van der Waals surface area contributed by atoms with Gasteiger partial charge in [-0.1, -0.05) is 19.0 Å². The van der Waals surface area contributed by atoms with E-state index < -0.39 is 0 Å². The van der Waals surface area contributed by atoms with Crippen LogP contribution in [0, 0.1) is 0 Å². The van der Waals surface area contributed by atoms with E-state index >= 15 is 0 Å². The second-order valence-electron chi connectivity index (χ2n) is 4.89. The number of nitrogens with one attached hydrogen (secondary N) is 2. The van der Waals surface area contributed by atoms with Crippen molar-refractivity contribution >= 4 is 5.96 Å². The highest BCUT2D eigenvalue weighted by atomic mass is 16.5. The van der Waals surface area contributed by atoms with E-state index in [1.807, 2.05) is 10.8 Å². The lowest BCUT2D eigenvalue weighted by molar-refractivity contribution is 0.380. The second kappa shape index (κ2) is 8.21. The Morgan fingerprint density at radius 1 is 1.32 bits per heavy atom. The highest BCUT2D eigenvalue weighted by Gasteiger charge is 2.13. The van der Waals surface area contributed by atoms with Crippen LogP contribution in [-0.2, 0) is 25.9 Å². The van der Waals surface area contributed by atoms with E-state index in [9.17, 15) is 0 Å². The van der Waals surface area contributed by atoms with Crippen molar-refractivity contribution in [3.05, 3.63) is 35.7 Å². The molecule has 2 rings (SSSR count). The van der Waals surface area contributed by atoms with Crippen LogP contribution in [0.2, 0.25) is 0 Å². The number of aliphatic imine (C=N–C) groups is 1. The molecular formula is C15H24N6O. The van der Waals surface area contributed by atoms with E-state index in [0.29, 0.717) is 6.54 Å². The highest BCUT2D eigenvalue weighted by molar-refractivity contribution is 5.79. The molecule has 0 aromatic carbocycles. The van der Waals surface area contributed by atoms with Gasteiger partial charge in [-0.3, -0.25) is 4.99 Å². The molecule has 0 amide bonds. The Labute approximate surface area is 130 Å². The molecule has 0 atom stereocenters. The van der Waals surface area contributed by atoms with Gasteiger partial charge in [-0.05, 0) is 6.42 Å². The zero-order chi connectivity index (χ0) is 15.8. The van der Waals surface area contributed by atoms with Gasteiger partial charge in [0.25, 0.3) is 0 Å². The van der Waals surface area contributed by atoms with Crippen molar-refractivity contribution in [2.45, 2.75) is 39.8 Å². The Hall–Kier alpha value is -2.31. The van der Waals surface area contributed by atoms with Gasteiger partial charge >= 0.3 is 0 Å². The van der Waals surface area contributed by atoms with Crippen LogP contribution >= 0.6 is 0 Å². The van der Waals surface area contributed by atoms with Crippen LogP contribution in [0.25, 0.3) is 0 Å². The molecule has 2 N–H and O–H groups in total. The Bertz CT molecular complexity index is 566. The molecule has 2 aromatic rings. The first-order chi connectivity index (χ1) is 10.8. The maximum Gasteiger partial charge on any atom is 0.191 e. The quantitative estimate of drug-likeness (QED) is 0.596. The van der Waals surface area contributed by atoms with Crippen molar-refractivity contribution < 1.29 is 4.52 Å². The van der Waals surface area contributed by atoms with E-state index in [1.54, 1.807) is 19.6 Å². The molecular weight excluding hydrogens is 280 g/mol. The van der Waals surface area contributed by atoms with Crippen LogP contribution in [0.1, 0.15) is 30.9 Å². The number of nitrogens with zero attached hydrogens (tertiary/aromatic N) is 4. The normalized spacial score (nSPS) is 11.7. The zero-order valence-electron chi connectivity index (χ0n) is 13.5. The second-order valence-corrected chi connectivity index (χ2v) is 4.89. The lowest BCUT2D eigenvalue weighted by Gasteiger charge is -2.12. The molecule has 22 heavy (non-hydrogen) atoms. The van der Waals surface area contributed by atoms with Crippen molar-refractivity contribution in [2.24, 2.45) is 4.99 Å². The minimum absolute atomic E-state index is 0.667. The van der Waals surface area contributed by atoms with E-state index in [-0.39, 0.29) is 0 Å². The first-order valence-electron chi connectivity index (χ1n) is 7.65. The molecule has 7 heteroatoms. The highest BCUT2D eigenvalue weighted by Crippen LogP contribution is 2.15. The summed E-state index contributed by atoms with van der Waals surface area (Å²) in [6.45, 7) is 6.44. The van der Waals surface area contributed by atoms with Crippen molar-refractivity contribution in [1.29, 1.82) is 0 Å². The first-order valence-corrected chi connectivity index (χ1v) is 7.65. The molecule has 0 radical (unpaired) electrons. The Morgan fingerprint density at radius 2 is 2.18 bits per heavy atom. The molecule has 2 aromatic heterocycles. The van der Waals surface area contributed by atoms with Crippen LogP contribution in [0.3, 0.4) is 0 Å². The predicted octanol–water partition coefficient (Wildman–Crippen LogP) is 1.36. The first kappa shape index (κ1) is 16.1. The number of aryl methyl sites for hydroxylation is 2. The standard InChI is InChI=1S/C15H24N6O/c1-4-13-12(14(5-2)22-20-13)10-19-15(16-3)18-7-9-21-8-6-17-11-21/h6,8,11H,4-5,7,9-10H2,1-3H3,(H2,16,18,19). The molecule has 0 saturated heterocycles. The molecule has 0 unspecified atom stereocenters. The summed E-state index contributed by atoms with van der Waals surface area (Å²) in [5.41, 5.74) is 2.15. The molecule has 120 valence electrons. The zero-order valence-corrected chi connectivity index (χ0v) is 13.5. The third kappa shape index (κ3) is 4.09. The lowest BCUT2D eigenvalue weighted by atomic mass is 10.1. The van der Waals surface area contributed by atoms with Gasteiger partial charge in [0.15, 0.2) is 5.96 Å². The number of rotatable bonds is 7. The third-order valence-corrected chi connectivity index (χ3v) is 3.48. The van der Waals surface area contributed by atoms with E-state index in [4.69, 9.17) is 4.52 Å². The van der Waals surface area contributed by atoms with Crippen molar-refractivity contribution in [3.8, 4) is 0 Å². The molecule has 0 aliphatic rings. The summed E-state index contributed by atoms with van der Waals surface area (Å²) >= 11 is 0. The summed E-state index contributed by atoms with van der Waals surface area (Å²) < 4.78 is 7.39. The molecule has 0 fully saturated rings. The number of hydrogen-bond donors (Lipinski definition) is 2. The maximum atomic E-state index is 5.37. The summed E-state index contributed by atoms with van der Waals surface area (Å²) in [6, 6.07) is 0. The predicted molar refractivity (Wildman–Crippen MR) is 85.7 cm³/mol. The lowest BCUT2D eigenvalue weighted by Crippen LogP contribution is -2.38. The molecule has 2 heterocycles. The van der Waals surface area contributed by atoms with Gasteiger partial charge in [-0.15, -0.1) is 0 Å². The summed E-state index contributed by atoms with van der Waals surface area (Å²) in [5.74, 6) is 1.71. The molecule has 0 aliphatic heterocycles. The summed E-state index contributed by atoms with van der Waals surface area (Å²) in [6.07, 6.45) is 7.23. The SMILES string of the molecule is CCc1noc(CC)c1CNC(=NC)NCCn1ccnc1. The van der Waals surface area contributed by atoms with Crippen molar-refractivity contribution in [2.75, 3.05) is 13.6 Å². The fraction of sp³-hybridized carbons (Fsp3) is 0.533. The number of hydrogen-bond acceptors (Lipinski definition) is 4. The number of imidazole rings is 1. The minimum Gasteiger partial charge on any atom is -0.361 e. The summed E-state index contributed by atoms with van der Waals surface area (Å²) in [5, 5.41) is 10.7. The molecule has 0 saturated carbocycles. The minimum atomic E-state index is 0.667. The topological polar surface area (TPSA) is 80.3 Å². The molecule has 0 spiro atoms. The van der Waals surface area contributed by atoms with E-state index in [2.05, 4.69) is 39.6 Å². The smallest absolute Gasteiger partial charge is 0.191 e. The fourth-order valence-electron chi connectivity index (χ4n) is 2.25. The number of aromatic nitrogens is 3. The van der Waals surface area contributed by atoms with Crippen LogP contribution in [0.5, 0.6) is 0 Å². The Kier molecular flexibility index (Phi) is 6.00. The fourth-order valence-corrected chi connectivity index (χ4v) is 2.25. The van der Waals surface area contributed by atoms with Crippen molar-refractivity contribution in [3.63, 3.8) is 0 Å². The van der Waals surface area contributed by atoms with Gasteiger partial charge in [0.1, 0.15) is 5.76 Å². The van der Waals surface area contributed by atoms with Gasteiger partial charge in [-0.25, -0.2) is 4.98 Å². The Balaban J connectivity index is 1.84. The van der Waals surface area contributed by atoms with E-state index in [1.165, 1.54) is 0 Å². The van der Waals surface area contributed by atoms with Crippen LogP contribution in [0.4, 0.5) is 0 Å². The average Bonchev–Trinajstić information content (AvgIpc) is 3.19. The van der Waals surface area contributed by atoms with Gasteiger partial charge in [0.2, 0.25) is 0 Å². The van der Waals surface area contributed by atoms with E-state index in [0.717, 1.165) is 48.9 Å². The Morgan fingerprint density at radius 3 is 2.82 bits per heavy atom. The van der Waals surface area contributed by atoms with Crippen LogP contribution in [0.15, 0.2) is 28.2 Å². The van der Waals surface area contributed by atoms with Crippen molar-refractivity contribution in [1.82, 2.24) is 25.3 Å². The van der Waals surface area contributed by atoms with Gasteiger partial charge < -0.3 is 19.7 Å². The van der Waals surface area contributed by atoms with Gasteiger partial charge in [-0.2, -0.15) is 0 Å². The maximum absolute atomic E-state index is 5.37. The van der Waals surface area contributed by atoms with Gasteiger partial charge in [0.05, 0.1) is 12.0 Å².